The summed E-state index contributed by atoms with van der Waals surface area (Å²) in [5.41, 5.74) is 1.52. The number of aliphatic imine (C=N–C) groups is 1. The van der Waals surface area contributed by atoms with Crippen LogP contribution in [0.15, 0.2) is 57.6 Å². The van der Waals surface area contributed by atoms with Gasteiger partial charge in [0.25, 0.3) is 0 Å². The van der Waals surface area contributed by atoms with Crippen LogP contribution in [0.1, 0.15) is 30.9 Å². The molecule has 0 unspecified atom stereocenters. The Balaban J connectivity index is 1.87. The number of hydrogen-bond acceptors (Lipinski definition) is 6. The van der Waals surface area contributed by atoms with Crippen molar-refractivity contribution < 1.29 is 23.8 Å². The number of methoxy groups -OCH3 is 1. The fourth-order valence-electron chi connectivity index (χ4n) is 2.55. The highest BCUT2D eigenvalue weighted by molar-refractivity contribution is 9.10. The molecule has 0 saturated carbocycles. The zero-order valence-corrected chi connectivity index (χ0v) is 17.0. The van der Waals surface area contributed by atoms with Crippen LogP contribution < -0.4 is 9.47 Å². The van der Waals surface area contributed by atoms with Crippen LogP contribution in [-0.2, 0) is 14.3 Å². The lowest BCUT2D eigenvalue weighted by atomic mass is 10.1. The van der Waals surface area contributed by atoms with E-state index >= 15 is 0 Å². The molecule has 0 spiro atoms. The van der Waals surface area contributed by atoms with E-state index in [0.717, 1.165) is 4.47 Å². The summed E-state index contributed by atoms with van der Waals surface area (Å²) in [7, 11) is 1.48. The average molecular weight is 444 g/mol. The van der Waals surface area contributed by atoms with Gasteiger partial charge in [-0.15, -0.1) is 0 Å². The van der Waals surface area contributed by atoms with Crippen molar-refractivity contribution in [2.45, 2.75) is 19.8 Å². The Morgan fingerprint density at radius 2 is 2.00 bits per heavy atom. The van der Waals surface area contributed by atoms with Crippen LogP contribution in [0.25, 0.3) is 6.08 Å². The van der Waals surface area contributed by atoms with E-state index < -0.39 is 5.97 Å². The first-order chi connectivity index (χ1) is 13.5. The molecule has 0 aliphatic carbocycles. The van der Waals surface area contributed by atoms with Crippen molar-refractivity contribution in [3.05, 3.63) is 63.8 Å². The van der Waals surface area contributed by atoms with E-state index in [9.17, 15) is 9.59 Å². The SMILES string of the molecule is CCCC(=O)Oc1ccc(/C=C2\N=C(c3ccccc3Br)OC2=O)cc1OC. The van der Waals surface area contributed by atoms with Gasteiger partial charge in [-0.25, -0.2) is 9.79 Å². The van der Waals surface area contributed by atoms with E-state index in [1.807, 2.05) is 31.2 Å². The maximum atomic E-state index is 12.2. The first-order valence-electron chi connectivity index (χ1n) is 8.68. The maximum Gasteiger partial charge on any atom is 0.363 e. The van der Waals surface area contributed by atoms with Crippen molar-refractivity contribution >= 4 is 39.8 Å². The topological polar surface area (TPSA) is 74.2 Å². The molecule has 0 fully saturated rings. The minimum atomic E-state index is -0.539. The summed E-state index contributed by atoms with van der Waals surface area (Å²) in [5, 5.41) is 0. The highest BCUT2D eigenvalue weighted by Crippen LogP contribution is 2.30. The number of ether oxygens (including phenoxy) is 3. The molecule has 0 amide bonds. The fraction of sp³-hybridized carbons (Fsp3) is 0.190. The molecule has 28 heavy (non-hydrogen) atoms. The molecule has 7 heteroatoms. The summed E-state index contributed by atoms with van der Waals surface area (Å²) >= 11 is 3.42. The van der Waals surface area contributed by atoms with E-state index in [-0.39, 0.29) is 17.6 Å². The predicted octanol–water partition coefficient (Wildman–Crippen LogP) is 4.51. The van der Waals surface area contributed by atoms with Crippen molar-refractivity contribution in [2.75, 3.05) is 7.11 Å². The summed E-state index contributed by atoms with van der Waals surface area (Å²) in [4.78, 5) is 28.2. The van der Waals surface area contributed by atoms with Crippen molar-refractivity contribution in [1.29, 1.82) is 0 Å². The largest absolute Gasteiger partial charge is 0.493 e. The van der Waals surface area contributed by atoms with Gasteiger partial charge in [-0.1, -0.05) is 25.1 Å². The minimum absolute atomic E-state index is 0.170. The third kappa shape index (κ3) is 4.48. The Hall–Kier alpha value is -2.93. The molecule has 1 aliphatic heterocycles. The number of halogens is 1. The first-order valence-corrected chi connectivity index (χ1v) is 9.47. The molecule has 0 N–H and O–H groups in total. The van der Waals surface area contributed by atoms with Crippen molar-refractivity contribution in [3.8, 4) is 11.5 Å². The van der Waals surface area contributed by atoms with E-state index in [1.54, 1.807) is 24.3 Å². The lowest BCUT2D eigenvalue weighted by molar-refractivity contribution is -0.134. The third-order valence-corrected chi connectivity index (χ3v) is 4.59. The Morgan fingerprint density at radius 1 is 1.21 bits per heavy atom. The van der Waals surface area contributed by atoms with Crippen LogP contribution in [0.5, 0.6) is 11.5 Å². The normalized spacial score (nSPS) is 14.6. The zero-order chi connectivity index (χ0) is 20.1. The second-order valence-corrected chi connectivity index (χ2v) is 6.80. The van der Waals surface area contributed by atoms with E-state index in [2.05, 4.69) is 20.9 Å². The smallest absolute Gasteiger partial charge is 0.363 e. The molecule has 2 aromatic rings. The standard InChI is InChI=1S/C21H18BrNO5/c1-3-6-19(24)27-17-10-9-13(12-18(17)26-2)11-16-21(25)28-20(23-16)14-7-4-5-8-15(14)22/h4-5,7-12H,3,6H2,1-2H3/b16-11-. The van der Waals surface area contributed by atoms with Gasteiger partial charge in [0.1, 0.15) is 0 Å². The van der Waals surface area contributed by atoms with Crippen LogP contribution in [0.4, 0.5) is 0 Å². The average Bonchev–Trinajstić information content (AvgIpc) is 3.03. The molecule has 0 bridgehead atoms. The lowest BCUT2D eigenvalue weighted by Gasteiger charge is -2.09. The van der Waals surface area contributed by atoms with Gasteiger partial charge in [0.05, 0.1) is 12.7 Å². The molecule has 0 radical (unpaired) electrons. The molecule has 6 nitrogen and oxygen atoms in total. The minimum Gasteiger partial charge on any atom is -0.493 e. The molecule has 1 aliphatic rings. The molecule has 144 valence electrons. The van der Waals surface area contributed by atoms with Crippen LogP contribution in [0.3, 0.4) is 0 Å². The van der Waals surface area contributed by atoms with Gasteiger partial charge in [0.2, 0.25) is 5.90 Å². The first kappa shape index (κ1) is 19.8. The molecular weight excluding hydrogens is 426 g/mol. The number of nitrogens with zero attached hydrogens (tertiary/aromatic N) is 1. The number of benzene rings is 2. The van der Waals surface area contributed by atoms with Crippen molar-refractivity contribution in [1.82, 2.24) is 0 Å². The number of carbonyl (C=O) groups excluding carboxylic acids is 2. The fourth-order valence-corrected chi connectivity index (χ4v) is 3.01. The summed E-state index contributed by atoms with van der Waals surface area (Å²) in [5.74, 6) is 0.0904. The van der Waals surface area contributed by atoms with Gasteiger partial charge in [0, 0.05) is 10.9 Å². The number of rotatable bonds is 6. The Morgan fingerprint density at radius 3 is 2.71 bits per heavy atom. The van der Waals surface area contributed by atoms with Gasteiger partial charge in [-0.3, -0.25) is 4.79 Å². The van der Waals surface area contributed by atoms with E-state index in [1.165, 1.54) is 7.11 Å². The Kier molecular flexibility index (Phi) is 6.26. The van der Waals surface area contributed by atoms with Crippen molar-refractivity contribution in [3.63, 3.8) is 0 Å². The summed E-state index contributed by atoms with van der Waals surface area (Å²) in [6.45, 7) is 1.90. The van der Waals surface area contributed by atoms with Crippen LogP contribution >= 0.6 is 15.9 Å². The van der Waals surface area contributed by atoms with Crippen LogP contribution in [0, 0.1) is 0 Å². The Bertz CT molecular complexity index is 981. The maximum absolute atomic E-state index is 12.2. The van der Waals surface area contributed by atoms with Gasteiger partial charge in [0.15, 0.2) is 17.2 Å². The summed E-state index contributed by atoms with van der Waals surface area (Å²) < 4.78 is 16.7. The molecule has 0 atom stereocenters. The molecule has 2 aromatic carbocycles. The molecule has 0 aromatic heterocycles. The quantitative estimate of drug-likeness (QED) is 0.373. The number of esters is 2. The highest BCUT2D eigenvalue weighted by Gasteiger charge is 2.25. The number of cyclic esters (lactones) is 1. The summed E-state index contributed by atoms with van der Waals surface area (Å²) in [6.07, 6.45) is 2.62. The van der Waals surface area contributed by atoms with Gasteiger partial charge in [-0.05, 0) is 58.3 Å². The molecule has 0 saturated heterocycles. The van der Waals surface area contributed by atoms with Crippen LogP contribution in [0.2, 0.25) is 0 Å². The number of hydrogen-bond donors (Lipinski definition) is 0. The van der Waals surface area contributed by atoms with Gasteiger partial charge in [-0.2, -0.15) is 0 Å². The molecular formula is C21H18BrNO5. The second kappa shape index (κ2) is 8.84. The van der Waals surface area contributed by atoms with Crippen LogP contribution in [-0.4, -0.2) is 24.9 Å². The highest BCUT2D eigenvalue weighted by atomic mass is 79.9. The van der Waals surface area contributed by atoms with E-state index in [4.69, 9.17) is 14.2 Å². The molecule has 3 rings (SSSR count). The summed E-state index contributed by atoms with van der Waals surface area (Å²) in [6, 6.07) is 12.4. The van der Waals surface area contributed by atoms with E-state index in [0.29, 0.717) is 35.5 Å². The Labute approximate surface area is 171 Å². The monoisotopic (exact) mass is 443 g/mol. The zero-order valence-electron chi connectivity index (χ0n) is 15.4. The second-order valence-electron chi connectivity index (χ2n) is 5.95. The third-order valence-electron chi connectivity index (χ3n) is 3.89. The predicted molar refractivity (Wildman–Crippen MR) is 108 cm³/mol. The van der Waals surface area contributed by atoms with Gasteiger partial charge < -0.3 is 14.2 Å². The lowest BCUT2D eigenvalue weighted by Crippen LogP contribution is -2.08. The number of carbonyl (C=O) groups is 2. The van der Waals surface area contributed by atoms with Gasteiger partial charge >= 0.3 is 11.9 Å². The molecule has 1 heterocycles. The van der Waals surface area contributed by atoms with Crippen molar-refractivity contribution in [2.24, 2.45) is 4.99 Å².